The van der Waals surface area contributed by atoms with Crippen LogP contribution in [-0.4, -0.2) is 23.9 Å². The molecule has 2 aliphatic carbocycles. The van der Waals surface area contributed by atoms with Crippen LogP contribution in [0.25, 0.3) is 0 Å². The number of hydrogen-bond acceptors (Lipinski definition) is 3. The molecular weight excluding hydrogens is 314 g/mol. The van der Waals surface area contributed by atoms with Crippen LogP contribution in [0.15, 0.2) is 23.4 Å². The van der Waals surface area contributed by atoms with E-state index in [0.717, 1.165) is 30.5 Å². The number of hydrogen-bond donors (Lipinski definition) is 1. The van der Waals surface area contributed by atoms with E-state index in [0.29, 0.717) is 12.3 Å². The third kappa shape index (κ3) is 2.66. The molecule has 0 bridgehead atoms. The molecule has 0 amide bonds. The third-order valence-electron chi connectivity index (χ3n) is 6.65. The van der Waals surface area contributed by atoms with Crippen molar-refractivity contribution in [3.8, 4) is 0 Å². The minimum Gasteiger partial charge on any atom is -0.481 e. The van der Waals surface area contributed by atoms with Crippen molar-refractivity contribution in [1.82, 2.24) is 0 Å². The van der Waals surface area contributed by atoms with Crippen LogP contribution < -0.4 is 0 Å². The fraction of sp³-hybridized carbons (Fsp3) is 0.619. The monoisotopic (exact) mass is 343 g/mol. The number of aliphatic carboxylic acids is 1. The lowest BCUT2D eigenvalue weighted by molar-refractivity contribution is -0.156. The van der Waals surface area contributed by atoms with Crippen molar-refractivity contribution >= 4 is 11.7 Å². The second kappa shape index (κ2) is 6.15. The number of oxime groups is 1. The second-order valence-electron chi connectivity index (χ2n) is 8.43. The highest BCUT2D eigenvalue weighted by atomic mass is 16.6. The van der Waals surface area contributed by atoms with Gasteiger partial charge in [0.1, 0.15) is 7.11 Å². The highest BCUT2D eigenvalue weighted by molar-refractivity contribution is 6.04. The largest absolute Gasteiger partial charge is 0.481 e. The number of carbonyl (C=O) groups is 1. The maximum atomic E-state index is 12.1. The van der Waals surface area contributed by atoms with Gasteiger partial charge in [-0.05, 0) is 60.6 Å². The Bertz CT molecular complexity index is 724. The molecule has 3 atom stereocenters. The Hall–Kier alpha value is -1.84. The molecule has 1 unspecified atom stereocenters. The van der Waals surface area contributed by atoms with Gasteiger partial charge in [-0.25, -0.2) is 0 Å². The second-order valence-corrected chi connectivity index (χ2v) is 8.43. The van der Waals surface area contributed by atoms with Crippen LogP contribution in [0.3, 0.4) is 0 Å². The summed E-state index contributed by atoms with van der Waals surface area (Å²) < 4.78 is 0. The molecule has 2 aliphatic rings. The van der Waals surface area contributed by atoms with Crippen molar-refractivity contribution in [3.05, 3.63) is 34.9 Å². The Morgan fingerprint density at radius 3 is 2.64 bits per heavy atom. The molecule has 136 valence electrons. The lowest BCUT2D eigenvalue weighted by atomic mass is 9.49. The van der Waals surface area contributed by atoms with Gasteiger partial charge in [0.15, 0.2) is 0 Å². The molecule has 1 aromatic carbocycles. The van der Waals surface area contributed by atoms with Gasteiger partial charge >= 0.3 is 5.97 Å². The van der Waals surface area contributed by atoms with Crippen LogP contribution >= 0.6 is 0 Å². The van der Waals surface area contributed by atoms with Crippen molar-refractivity contribution in [2.75, 3.05) is 7.11 Å². The summed E-state index contributed by atoms with van der Waals surface area (Å²) in [5.41, 5.74) is 3.68. The van der Waals surface area contributed by atoms with E-state index in [1.165, 1.54) is 11.1 Å². The Balaban J connectivity index is 2.21. The number of carboxylic acids is 1. The minimum absolute atomic E-state index is 0.0255. The maximum Gasteiger partial charge on any atom is 0.309 e. The summed E-state index contributed by atoms with van der Waals surface area (Å²) >= 11 is 0. The summed E-state index contributed by atoms with van der Waals surface area (Å²) in [5, 5.41) is 14.3. The number of nitrogens with zero attached hydrogens (tertiary/aromatic N) is 1. The quantitative estimate of drug-likeness (QED) is 0.808. The van der Waals surface area contributed by atoms with Gasteiger partial charge in [0.25, 0.3) is 0 Å². The lowest BCUT2D eigenvalue weighted by Crippen LogP contribution is -2.53. The Kier molecular flexibility index (Phi) is 4.42. The van der Waals surface area contributed by atoms with Gasteiger partial charge in [-0.2, -0.15) is 0 Å². The zero-order chi connectivity index (χ0) is 18.4. The number of benzene rings is 1. The van der Waals surface area contributed by atoms with Crippen LogP contribution in [0.1, 0.15) is 76.0 Å². The fourth-order valence-corrected chi connectivity index (χ4v) is 5.06. The van der Waals surface area contributed by atoms with Crippen LogP contribution in [0.5, 0.6) is 0 Å². The first-order valence-corrected chi connectivity index (χ1v) is 9.22. The molecule has 25 heavy (non-hydrogen) atoms. The first kappa shape index (κ1) is 18.0. The smallest absolute Gasteiger partial charge is 0.309 e. The molecule has 0 aliphatic heterocycles. The predicted octanol–water partition coefficient (Wildman–Crippen LogP) is 4.71. The molecular formula is C21H29NO3. The van der Waals surface area contributed by atoms with Gasteiger partial charge in [0.05, 0.1) is 11.1 Å². The van der Waals surface area contributed by atoms with Crippen molar-refractivity contribution in [3.63, 3.8) is 0 Å². The molecule has 4 heteroatoms. The molecule has 0 radical (unpaired) electrons. The van der Waals surface area contributed by atoms with E-state index >= 15 is 0 Å². The van der Waals surface area contributed by atoms with Gasteiger partial charge in [0, 0.05) is 5.56 Å². The van der Waals surface area contributed by atoms with Gasteiger partial charge in [-0.1, -0.05) is 44.5 Å². The highest BCUT2D eigenvalue weighted by Gasteiger charge is 2.56. The molecule has 0 saturated heterocycles. The average Bonchev–Trinajstić information content (AvgIpc) is 2.56. The van der Waals surface area contributed by atoms with Gasteiger partial charge in [-0.3, -0.25) is 4.79 Å². The molecule has 0 aromatic heterocycles. The van der Waals surface area contributed by atoms with Crippen LogP contribution in [-0.2, 0) is 15.0 Å². The summed E-state index contributed by atoms with van der Waals surface area (Å²) in [6, 6.07) is 6.62. The maximum absolute atomic E-state index is 12.1. The summed E-state index contributed by atoms with van der Waals surface area (Å²) in [4.78, 5) is 17.2. The summed E-state index contributed by atoms with van der Waals surface area (Å²) in [5.74, 6) is -0.227. The number of carboxylic acid groups (broad SMARTS) is 1. The number of rotatable bonds is 3. The molecule has 1 fully saturated rings. The molecule has 4 nitrogen and oxygen atoms in total. The summed E-state index contributed by atoms with van der Waals surface area (Å²) in [7, 11) is 1.56. The fourth-order valence-electron chi connectivity index (χ4n) is 5.06. The standard InChI is InChI=1S/C21H29NO3/c1-13(2)14-7-8-16-15(11-14)17(22-25-5)12-18-20(16,3)9-6-10-21(18,4)19(23)24/h7-8,11,13,18H,6,9-10,12H2,1-5H3,(H,23,24)/b22-17+/t18?,20-,21-/m1/s1. The average molecular weight is 343 g/mol. The third-order valence-corrected chi connectivity index (χ3v) is 6.65. The summed E-state index contributed by atoms with van der Waals surface area (Å²) in [6.07, 6.45) is 3.34. The Labute approximate surface area is 150 Å². The van der Waals surface area contributed by atoms with Crippen molar-refractivity contribution in [2.24, 2.45) is 16.5 Å². The summed E-state index contributed by atoms with van der Waals surface area (Å²) in [6.45, 7) is 8.53. The molecule has 0 heterocycles. The van der Waals surface area contributed by atoms with E-state index in [2.05, 4.69) is 44.1 Å². The van der Waals surface area contributed by atoms with E-state index in [9.17, 15) is 9.90 Å². The molecule has 1 aromatic rings. The van der Waals surface area contributed by atoms with E-state index in [4.69, 9.17) is 4.84 Å². The minimum atomic E-state index is -0.726. The predicted molar refractivity (Wildman–Crippen MR) is 99.1 cm³/mol. The molecule has 1 N–H and O–H groups in total. The van der Waals surface area contributed by atoms with Crippen molar-refractivity contribution < 1.29 is 14.7 Å². The topological polar surface area (TPSA) is 58.9 Å². The molecule has 3 rings (SSSR count). The van der Waals surface area contributed by atoms with Gasteiger partial charge in [0.2, 0.25) is 0 Å². The van der Waals surface area contributed by atoms with Crippen LogP contribution in [0, 0.1) is 11.3 Å². The van der Waals surface area contributed by atoms with E-state index in [-0.39, 0.29) is 11.3 Å². The Morgan fingerprint density at radius 2 is 2.04 bits per heavy atom. The van der Waals surface area contributed by atoms with Crippen molar-refractivity contribution in [2.45, 2.75) is 64.7 Å². The van der Waals surface area contributed by atoms with Crippen LogP contribution in [0.4, 0.5) is 0 Å². The Morgan fingerprint density at radius 1 is 1.32 bits per heavy atom. The van der Waals surface area contributed by atoms with Gasteiger partial charge < -0.3 is 9.94 Å². The van der Waals surface area contributed by atoms with E-state index in [1.54, 1.807) is 7.11 Å². The zero-order valence-electron chi connectivity index (χ0n) is 15.9. The van der Waals surface area contributed by atoms with E-state index < -0.39 is 11.4 Å². The van der Waals surface area contributed by atoms with Gasteiger partial charge in [-0.15, -0.1) is 0 Å². The van der Waals surface area contributed by atoms with Crippen molar-refractivity contribution in [1.29, 1.82) is 0 Å². The number of fused-ring (bicyclic) bond motifs is 3. The zero-order valence-corrected chi connectivity index (χ0v) is 15.9. The first-order valence-electron chi connectivity index (χ1n) is 9.22. The molecule has 1 saturated carbocycles. The molecule has 0 spiro atoms. The highest BCUT2D eigenvalue weighted by Crippen LogP contribution is 2.57. The van der Waals surface area contributed by atoms with Crippen LogP contribution in [0.2, 0.25) is 0 Å². The SMILES string of the molecule is CO/N=C1\CC2[C@](C)(C(=O)O)CCC[C@]2(C)c2ccc(C(C)C)cc21. The normalized spacial score (nSPS) is 33.0. The lowest BCUT2D eigenvalue weighted by Gasteiger charge is -2.53. The van der Waals surface area contributed by atoms with E-state index in [1.807, 2.05) is 6.92 Å². The first-order chi connectivity index (χ1) is 11.7.